The number of nitro groups is 1. The zero-order chi connectivity index (χ0) is 14.3. The highest BCUT2D eigenvalue weighted by molar-refractivity contribution is 5.64. The van der Waals surface area contributed by atoms with Crippen LogP contribution >= 0.6 is 0 Å². The molecule has 0 unspecified atom stereocenters. The molecule has 0 amide bonds. The summed E-state index contributed by atoms with van der Waals surface area (Å²) >= 11 is 0. The number of anilines is 1. The van der Waals surface area contributed by atoms with E-state index in [1.165, 1.54) is 13.2 Å². The van der Waals surface area contributed by atoms with Gasteiger partial charge in [-0.15, -0.1) is 0 Å². The van der Waals surface area contributed by atoms with E-state index in [9.17, 15) is 14.5 Å². The lowest BCUT2D eigenvalue weighted by Crippen LogP contribution is -2.05. The van der Waals surface area contributed by atoms with Gasteiger partial charge in [-0.05, 0) is 12.8 Å². The summed E-state index contributed by atoms with van der Waals surface area (Å²) in [6, 6.07) is 4.11. The summed E-state index contributed by atoms with van der Waals surface area (Å²) in [5, 5.41) is 22.1. The summed E-state index contributed by atoms with van der Waals surface area (Å²) in [5.41, 5.74) is -0.126. The molecule has 0 fully saturated rings. The van der Waals surface area contributed by atoms with Gasteiger partial charge in [-0.25, -0.2) is 4.39 Å². The zero-order valence-corrected chi connectivity index (χ0v) is 10.5. The number of nitrogens with zero attached hydrogens (tertiary/aromatic N) is 2. The summed E-state index contributed by atoms with van der Waals surface area (Å²) in [6.07, 6.45) is 1.84. The van der Waals surface area contributed by atoms with Crippen molar-refractivity contribution in [2.75, 3.05) is 19.0 Å². The first-order chi connectivity index (χ1) is 9.10. The third-order valence-electron chi connectivity index (χ3n) is 2.50. The lowest BCUT2D eigenvalue weighted by Gasteiger charge is -2.09. The van der Waals surface area contributed by atoms with E-state index in [0.717, 1.165) is 6.07 Å². The minimum absolute atomic E-state index is 0.0508. The lowest BCUT2D eigenvalue weighted by molar-refractivity contribution is -0.384. The Hall–Kier alpha value is -2.36. The van der Waals surface area contributed by atoms with Crippen LogP contribution in [0, 0.1) is 27.3 Å². The van der Waals surface area contributed by atoms with Crippen molar-refractivity contribution in [1.82, 2.24) is 0 Å². The molecule has 0 aliphatic rings. The van der Waals surface area contributed by atoms with Crippen LogP contribution in [-0.4, -0.2) is 18.6 Å². The summed E-state index contributed by atoms with van der Waals surface area (Å²) in [6.45, 7) is 0.470. The minimum Gasteiger partial charge on any atom is -0.494 e. The molecular formula is C12H14FN3O3. The van der Waals surface area contributed by atoms with Gasteiger partial charge in [0.2, 0.25) is 0 Å². The van der Waals surface area contributed by atoms with Gasteiger partial charge in [0.1, 0.15) is 5.69 Å². The van der Waals surface area contributed by atoms with Crippen LogP contribution in [0.25, 0.3) is 0 Å². The Balaban J connectivity index is 2.79. The van der Waals surface area contributed by atoms with Gasteiger partial charge in [0.15, 0.2) is 11.6 Å². The molecule has 0 aliphatic heterocycles. The number of nitrogens with one attached hydrogen (secondary N) is 1. The van der Waals surface area contributed by atoms with Crippen molar-refractivity contribution in [1.29, 1.82) is 5.26 Å². The van der Waals surface area contributed by atoms with Crippen LogP contribution in [0.1, 0.15) is 19.3 Å². The van der Waals surface area contributed by atoms with Crippen LogP contribution in [0.4, 0.5) is 15.8 Å². The second-order valence-corrected chi connectivity index (χ2v) is 3.80. The number of hydrogen-bond acceptors (Lipinski definition) is 5. The Bertz CT molecular complexity index is 500. The van der Waals surface area contributed by atoms with Gasteiger partial charge >= 0.3 is 0 Å². The molecule has 102 valence electrons. The van der Waals surface area contributed by atoms with Gasteiger partial charge in [-0.1, -0.05) is 0 Å². The summed E-state index contributed by atoms with van der Waals surface area (Å²) in [7, 11) is 1.29. The van der Waals surface area contributed by atoms with Gasteiger partial charge in [0.05, 0.1) is 24.2 Å². The maximum absolute atomic E-state index is 13.4. The number of hydrogen-bond donors (Lipinski definition) is 1. The summed E-state index contributed by atoms with van der Waals surface area (Å²) < 4.78 is 18.2. The molecule has 0 atom stereocenters. The van der Waals surface area contributed by atoms with E-state index in [1.54, 1.807) is 0 Å². The number of rotatable bonds is 7. The molecule has 0 aliphatic carbocycles. The number of nitriles is 1. The van der Waals surface area contributed by atoms with E-state index in [-0.39, 0.29) is 17.1 Å². The van der Waals surface area contributed by atoms with Crippen LogP contribution in [0.15, 0.2) is 12.1 Å². The van der Waals surface area contributed by atoms with Crippen LogP contribution in [0.3, 0.4) is 0 Å². The number of benzene rings is 1. The number of methoxy groups -OCH3 is 1. The third-order valence-corrected chi connectivity index (χ3v) is 2.50. The summed E-state index contributed by atoms with van der Waals surface area (Å²) in [4.78, 5) is 10.2. The van der Waals surface area contributed by atoms with E-state index in [4.69, 9.17) is 10.00 Å². The van der Waals surface area contributed by atoms with Crippen molar-refractivity contribution in [2.24, 2.45) is 0 Å². The monoisotopic (exact) mass is 267 g/mol. The minimum atomic E-state index is -0.774. The molecule has 0 saturated carbocycles. The average Bonchev–Trinajstić information content (AvgIpc) is 2.39. The molecule has 0 aromatic heterocycles. The topological polar surface area (TPSA) is 88.2 Å². The van der Waals surface area contributed by atoms with Gasteiger partial charge in [0.25, 0.3) is 5.69 Å². The van der Waals surface area contributed by atoms with Crippen LogP contribution in [0.5, 0.6) is 5.75 Å². The predicted molar refractivity (Wildman–Crippen MR) is 67.6 cm³/mol. The first-order valence-corrected chi connectivity index (χ1v) is 5.73. The van der Waals surface area contributed by atoms with E-state index >= 15 is 0 Å². The molecule has 0 spiro atoms. The van der Waals surface area contributed by atoms with Gasteiger partial charge in [-0.2, -0.15) is 5.26 Å². The van der Waals surface area contributed by atoms with Crippen molar-refractivity contribution >= 4 is 11.4 Å². The maximum Gasteiger partial charge on any atom is 0.295 e. The highest BCUT2D eigenvalue weighted by Crippen LogP contribution is 2.31. The van der Waals surface area contributed by atoms with Gasteiger partial charge < -0.3 is 10.1 Å². The van der Waals surface area contributed by atoms with Crippen molar-refractivity contribution in [2.45, 2.75) is 19.3 Å². The molecule has 7 heteroatoms. The van der Waals surface area contributed by atoms with Crippen molar-refractivity contribution in [3.05, 3.63) is 28.1 Å². The Morgan fingerprint density at radius 2 is 2.26 bits per heavy atom. The Morgan fingerprint density at radius 1 is 1.53 bits per heavy atom. The fraction of sp³-hybridized carbons (Fsp3) is 0.417. The van der Waals surface area contributed by atoms with E-state index in [1.807, 2.05) is 6.07 Å². The van der Waals surface area contributed by atoms with Gasteiger partial charge in [-0.3, -0.25) is 10.1 Å². The molecule has 1 N–H and O–H groups in total. The first-order valence-electron chi connectivity index (χ1n) is 5.73. The fourth-order valence-corrected chi connectivity index (χ4v) is 1.54. The number of unbranched alkanes of at least 4 members (excludes halogenated alkanes) is 2. The standard InChI is InChI=1S/C12H14FN3O3/c1-19-12-8-10(15-6-4-2-3-5-14)11(16(17)18)7-9(12)13/h7-8,15H,2-4,6H2,1H3. The van der Waals surface area contributed by atoms with Crippen LogP contribution < -0.4 is 10.1 Å². The molecule has 1 rings (SSSR count). The van der Waals surface area contributed by atoms with Crippen molar-refractivity contribution < 1.29 is 14.1 Å². The predicted octanol–water partition coefficient (Wildman–Crippen LogP) is 2.85. The highest BCUT2D eigenvalue weighted by atomic mass is 19.1. The Labute approximate surface area is 109 Å². The third kappa shape index (κ3) is 4.10. The highest BCUT2D eigenvalue weighted by Gasteiger charge is 2.18. The van der Waals surface area contributed by atoms with E-state index < -0.39 is 10.7 Å². The second-order valence-electron chi connectivity index (χ2n) is 3.80. The largest absolute Gasteiger partial charge is 0.494 e. The molecule has 0 bridgehead atoms. The zero-order valence-electron chi connectivity index (χ0n) is 10.5. The molecule has 6 nitrogen and oxygen atoms in total. The average molecular weight is 267 g/mol. The normalized spacial score (nSPS) is 9.74. The van der Waals surface area contributed by atoms with E-state index in [0.29, 0.717) is 25.8 Å². The van der Waals surface area contributed by atoms with Crippen LogP contribution in [-0.2, 0) is 0 Å². The van der Waals surface area contributed by atoms with Gasteiger partial charge in [0, 0.05) is 19.0 Å². The molecule has 0 radical (unpaired) electrons. The van der Waals surface area contributed by atoms with Crippen molar-refractivity contribution in [3.8, 4) is 11.8 Å². The SMILES string of the molecule is COc1cc(NCCCCC#N)c([N+](=O)[O-])cc1F. The fourth-order valence-electron chi connectivity index (χ4n) is 1.54. The molecule has 19 heavy (non-hydrogen) atoms. The second kappa shape index (κ2) is 7.16. The molecule has 0 heterocycles. The Morgan fingerprint density at radius 3 is 2.84 bits per heavy atom. The number of ether oxygens (including phenoxy) is 1. The Kier molecular flexibility index (Phi) is 5.54. The quantitative estimate of drug-likeness (QED) is 0.466. The smallest absolute Gasteiger partial charge is 0.295 e. The molecule has 0 saturated heterocycles. The number of nitro benzene ring substituents is 1. The molecular weight excluding hydrogens is 253 g/mol. The molecule has 1 aromatic carbocycles. The summed E-state index contributed by atoms with van der Waals surface area (Å²) in [5.74, 6) is -0.825. The van der Waals surface area contributed by atoms with E-state index in [2.05, 4.69) is 5.32 Å². The maximum atomic E-state index is 13.4. The van der Waals surface area contributed by atoms with Crippen LogP contribution in [0.2, 0.25) is 0 Å². The lowest BCUT2D eigenvalue weighted by atomic mass is 10.2. The molecule has 1 aromatic rings. The number of halogens is 1. The first kappa shape index (κ1) is 14.7. The van der Waals surface area contributed by atoms with Crippen molar-refractivity contribution in [3.63, 3.8) is 0 Å².